The molecule has 0 bridgehead atoms. The van der Waals surface area contributed by atoms with E-state index in [-0.39, 0.29) is 25.1 Å². The van der Waals surface area contributed by atoms with E-state index < -0.39 is 0 Å². The normalized spacial score (nSPS) is 13.6. The highest BCUT2D eigenvalue weighted by Crippen LogP contribution is 2.51. The Morgan fingerprint density at radius 3 is 2.51 bits per heavy atom. The molecule has 3 aromatic carbocycles. The second kappa shape index (κ2) is 11.3. The predicted molar refractivity (Wildman–Crippen MR) is 149 cm³/mol. The molecule has 3 aromatic rings. The van der Waals surface area contributed by atoms with Gasteiger partial charge in [0.1, 0.15) is 11.5 Å². The summed E-state index contributed by atoms with van der Waals surface area (Å²) in [5.74, 6) is 2.35. The lowest BCUT2D eigenvalue weighted by Crippen LogP contribution is -2.25. The molecule has 0 radical (unpaired) electrons. The minimum atomic E-state index is -0.346. The zero-order valence-corrected chi connectivity index (χ0v) is 23.3. The summed E-state index contributed by atoms with van der Waals surface area (Å²) in [5, 5.41) is 2.80. The molecule has 39 heavy (non-hydrogen) atoms. The monoisotopic (exact) mass is 594 g/mol. The highest BCUT2D eigenvalue weighted by molar-refractivity contribution is 9.10. The van der Waals surface area contributed by atoms with Crippen LogP contribution < -0.4 is 29.0 Å². The van der Waals surface area contributed by atoms with Crippen LogP contribution in [0.2, 0.25) is 0 Å². The number of Topliss-reactive ketones (excluding diaryl/α,β-unsaturated/α-hetero) is 1. The van der Waals surface area contributed by atoms with Crippen molar-refractivity contribution in [2.24, 2.45) is 0 Å². The summed E-state index contributed by atoms with van der Waals surface area (Å²) in [6, 6.07) is 13.8. The second-order valence-corrected chi connectivity index (χ2v) is 9.72. The molecule has 2 aliphatic heterocycles. The van der Waals surface area contributed by atoms with E-state index in [9.17, 15) is 9.59 Å². The molecule has 0 saturated carbocycles. The molecule has 10 heteroatoms. The maximum Gasteiger partial charge on any atom is 0.262 e. The van der Waals surface area contributed by atoms with Gasteiger partial charge >= 0.3 is 0 Å². The van der Waals surface area contributed by atoms with Crippen molar-refractivity contribution in [1.29, 1.82) is 0 Å². The number of halogens is 1. The van der Waals surface area contributed by atoms with Crippen molar-refractivity contribution < 1.29 is 33.3 Å². The van der Waals surface area contributed by atoms with Gasteiger partial charge in [0.15, 0.2) is 18.1 Å². The van der Waals surface area contributed by atoms with E-state index in [0.29, 0.717) is 58.7 Å². The van der Waals surface area contributed by atoms with Crippen LogP contribution >= 0.6 is 15.9 Å². The van der Waals surface area contributed by atoms with Crippen LogP contribution in [0.3, 0.4) is 0 Å². The Hall–Kier alpha value is -4.18. The predicted octanol–water partition coefficient (Wildman–Crippen LogP) is 4.92. The molecule has 2 heterocycles. The summed E-state index contributed by atoms with van der Waals surface area (Å²) >= 11 is 3.65. The lowest BCUT2D eigenvalue weighted by Gasteiger charge is -2.20. The number of ether oxygens (including phenoxy) is 5. The summed E-state index contributed by atoms with van der Waals surface area (Å²) in [4.78, 5) is 28.2. The minimum Gasteiger partial charge on any atom is -0.497 e. The second-order valence-electron chi connectivity index (χ2n) is 8.93. The molecular weight excluding hydrogens is 568 g/mol. The fourth-order valence-corrected chi connectivity index (χ4v) is 5.22. The molecule has 0 unspecified atom stereocenters. The number of methoxy groups -OCH3 is 2. The number of amides is 1. The van der Waals surface area contributed by atoms with Crippen molar-refractivity contribution in [2.75, 3.05) is 46.5 Å². The standard InChI is InChI=1S/C29H27BrN2O7/c1-32-12-11-21-22(27(36-3)29-28(25(21)30)38-16-39-29)14-23(32)26(34)17-5-4-6-18(13-17)31-24(33)15-37-20-9-7-19(35-2)8-10-20/h4-10,13-14H,11-12,15-16H2,1-3H3,(H,31,33). The summed E-state index contributed by atoms with van der Waals surface area (Å²) in [6.45, 7) is 0.525. The number of benzene rings is 3. The Morgan fingerprint density at radius 1 is 1.03 bits per heavy atom. The molecule has 1 N–H and O–H groups in total. The van der Waals surface area contributed by atoms with E-state index >= 15 is 0 Å². The Balaban J connectivity index is 1.36. The number of likely N-dealkylation sites (N-methyl/N-ethyl adjacent to an activating group) is 1. The van der Waals surface area contributed by atoms with Crippen molar-refractivity contribution >= 4 is 39.4 Å². The molecule has 2 aliphatic rings. The number of hydrogen-bond acceptors (Lipinski definition) is 8. The maximum atomic E-state index is 13.7. The molecule has 0 fully saturated rings. The molecule has 0 aliphatic carbocycles. The van der Waals surface area contributed by atoms with E-state index in [1.54, 1.807) is 62.8 Å². The summed E-state index contributed by atoms with van der Waals surface area (Å²) in [7, 11) is 5.02. The van der Waals surface area contributed by atoms with Crippen LogP contribution in [-0.4, -0.2) is 57.8 Å². The number of nitrogens with one attached hydrogen (secondary N) is 1. The van der Waals surface area contributed by atoms with Crippen molar-refractivity contribution in [3.05, 3.63) is 75.4 Å². The molecule has 0 spiro atoms. The number of nitrogens with zero attached hydrogens (tertiary/aromatic N) is 1. The maximum absolute atomic E-state index is 13.7. The van der Waals surface area contributed by atoms with Gasteiger partial charge in [0.25, 0.3) is 5.91 Å². The van der Waals surface area contributed by atoms with Gasteiger partial charge in [-0.15, -0.1) is 0 Å². The number of anilines is 1. The number of carbonyl (C=O) groups excluding carboxylic acids is 2. The third-order valence-corrected chi connectivity index (χ3v) is 7.36. The lowest BCUT2D eigenvalue weighted by molar-refractivity contribution is -0.118. The Kier molecular flexibility index (Phi) is 7.65. The number of hydrogen-bond donors (Lipinski definition) is 1. The fourth-order valence-electron chi connectivity index (χ4n) is 4.51. The van der Waals surface area contributed by atoms with E-state index in [1.165, 1.54) is 0 Å². The zero-order valence-electron chi connectivity index (χ0n) is 21.7. The number of rotatable bonds is 8. The van der Waals surface area contributed by atoms with Gasteiger partial charge in [0.05, 0.1) is 24.4 Å². The highest BCUT2D eigenvalue weighted by atomic mass is 79.9. The van der Waals surface area contributed by atoms with Crippen LogP contribution in [0, 0.1) is 0 Å². The van der Waals surface area contributed by atoms with Gasteiger partial charge in [-0.3, -0.25) is 9.59 Å². The number of ketones is 1. The zero-order chi connectivity index (χ0) is 27.5. The lowest BCUT2D eigenvalue weighted by atomic mass is 10.0. The van der Waals surface area contributed by atoms with Gasteiger partial charge in [-0.1, -0.05) is 12.1 Å². The van der Waals surface area contributed by atoms with E-state index in [1.807, 2.05) is 18.0 Å². The highest BCUT2D eigenvalue weighted by Gasteiger charge is 2.31. The summed E-state index contributed by atoms with van der Waals surface area (Å²) < 4.78 is 28.5. The first-order valence-electron chi connectivity index (χ1n) is 12.2. The third kappa shape index (κ3) is 5.37. The van der Waals surface area contributed by atoms with E-state index in [0.717, 1.165) is 15.6 Å². The van der Waals surface area contributed by atoms with Crippen LogP contribution in [0.25, 0.3) is 6.08 Å². The van der Waals surface area contributed by atoms with E-state index in [2.05, 4.69) is 21.2 Å². The van der Waals surface area contributed by atoms with Crippen molar-refractivity contribution in [3.63, 3.8) is 0 Å². The molecule has 0 saturated heterocycles. The summed E-state index contributed by atoms with van der Waals surface area (Å²) in [6.07, 6.45) is 2.49. The Morgan fingerprint density at radius 2 is 1.77 bits per heavy atom. The quantitative estimate of drug-likeness (QED) is 0.367. The molecule has 5 rings (SSSR count). The third-order valence-electron chi connectivity index (χ3n) is 6.52. The fraction of sp³-hybridized carbons (Fsp3) is 0.241. The van der Waals surface area contributed by atoms with Crippen LogP contribution in [0.1, 0.15) is 21.5 Å². The number of allylic oxidation sites excluding steroid dienone is 1. The molecule has 0 aromatic heterocycles. The number of carbonyl (C=O) groups is 2. The van der Waals surface area contributed by atoms with Crippen molar-refractivity contribution in [3.8, 4) is 28.7 Å². The minimum absolute atomic E-state index is 0.103. The van der Waals surface area contributed by atoms with Gasteiger partial charge in [0, 0.05) is 30.4 Å². The Bertz CT molecular complexity index is 1450. The number of fused-ring (bicyclic) bond motifs is 2. The molecule has 9 nitrogen and oxygen atoms in total. The van der Waals surface area contributed by atoms with Gasteiger partial charge < -0.3 is 33.9 Å². The van der Waals surface area contributed by atoms with Gasteiger partial charge in [-0.05, 0) is 70.4 Å². The smallest absolute Gasteiger partial charge is 0.262 e. The molecule has 0 atom stereocenters. The topological polar surface area (TPSA) is 95.6 Å². The van der Waals surface area contributed by atoms with Crippen molar-refractivity contribution in [2.45, 2.75) is 6.42 Å². The van der Waals surface area contributed by atoms with Crippen LogP contribution in [0.15, 0.2) is 58.7 Å². The largest absolute Gasteiger partial charge is 0.497 e. The molecular formula is C29H27BrN2O7. The van der Waals surface area contributed by atoms with Crippen LogP contribution in [0.4, 0.5) is 5.69 Å². The first-order valence-corrected chi connectivity index (χ1v) is 13.0. The van der Waals surface area contributed by atoms with Gasteiger partial charge in [0.2, 0.25) is 18.3 Å². The summed E-state index contributed by atoms with van der Waals surface area (Å²) in [5.41, 5.74) is 3.16. The molecule has 1 amide bonds. The van der Waals surface area contributed by atoms with Gasteiger partial charge in [-0.25, -0.2) is 0 Å². The van der Waals surface area contributed by atoms with E-state index in [4.69, 9.17) is 23.7 Å². The van der Waals surface area contributed by atoms with Crippen molar-refractivity contribution in [1.82, 2.24) is 4.90 Å². The Labute approximate surface area is 234 Å². The first-order chi connectivity index (χ1) is 18.9. The average molecular weight is 595 g/mol. The SMILES string of the molecule is COc1ccc(OCC(=O)Nc2cccc(C(=O)C3=Cc4c(c(Br)c5c(c4OC)OCO5)CCN3C)c2)cc1. The van der Waals surface area contributed by atoms with Crippen LogP contribution in [0.5, 0.6) is 28.7 Å². The average Bonchev–Trinajstić information content (AvgIpc) is 3.37. The van der Waals surface area contributed by atoms with Gasteiger partial charge in [-0.2, -0.15) is 0 Å². The van der Waals surface area contributed by atoms with Crippen LogP contribution in [-0.2, 0) is 11.2 Å². The first kappa shape index (κ1) is 26.4. The molecule has 202 valence electrons.